The largest absolute Gasteiger partial charge is 0.497 e. The molecule has 0 bridgehead atoms. The molecule has 0 radical (unpaired) electrons. The zero-order valence-corrected chi connectivity index (χ0v) is 11.6. The third-order valence-electron chi connectivity index (χ3n) is 3.62. The Kier molecular flexibility index (Phi) is 4.46. The molecule has 20 heavy (non-hydrogen) atoms. The fraction of sp³-hybridized carbons (Fsp3) is 0.467. The lowest BCUT2D eigenvalue weighted by Crippen LogP contribution is -2.50. The Labute approximate surface area is 118 Å². The maximum absolute atomic E-state index is 12.0. The molecule has 0 heterocycles. The lowest BCUT2D eigenvalue weighted by Gasteiger charge is -2.31. The summed E-state index contributed by atoms with van der Waals surface area (Å²) in [5.41, 5.74) is -0.0402. The van der Waals surface area contributed by atoms with Gasteiger partial charge in [0.2, 0.25) is 0 Å². The van der Waals surface area contributed by atoms with Crippen LogP contribution in [0, 0.1) is 11.3 Å². The molecule has 2 amide bonds. The maximum Gasteiger partial charge on any atom is 0.320 e. The summed E-state index contributed by atoms with van der Waals surface area (Å²) in [7, 11) is 1.59. The van der Waals surface area contributed by atoms with Crippen LogP contribution >= 0.6 is 0 Å². The quantitative estimate of drug-likeness (QED) is 0.888. The summed E-state index contributed by atoms with van der Waals surface area (Å²) in [6.07, 6.45) is 4.54. The molecule has 106 valence electrons. The normalized spacial score (nSPS) is 16.8. The van der Waals surface area contributed by atoms with Crippen LogP contribution in [0.5, 0.6) is 5.75 Å². The number of carbonyl (C=O) groups excluding carboxylic acids is 1. The van der Waals surface area contributed by atoms with Gasteiger partial charge in [-0.3, -0.25) is 0 Å². The fourth-order valence-electron chi connectivity index (χ4n) is 2.47. The van der Waals surface area contributed by atoms with Gasteiger partial charge >= 0.3 is 6.03 Å². The number of hydrogen-bond donors (Lipinski definition) is 2. The zero-order valence-electron chi connectivity index (χ0n) is 11.6. The molecule has 5 nitrogen and oxygen atoms in total. The summed E-state index contributed by atoms with van der Waals surface area (Å²) >= 11 is 0. The molecule has 0 atom stereocenters. The Morgan fingerprint density at radius 2 is 1.90 bits per heavy atom. The molecular formula is C15H19N3O2. The van der Waals surface area contributed by atoms with Crippen molar-refractivity contribution in [1.29, 1.82) is 5.26 Å². The van der Waals surface area contributed by atoms with Gasteiger partial charge in [-0.25, -0.2) is 4.79 Å². The van der Waals surface area contributed by atoms with Gasteiger partial charge in [-0.05, 0) is 37.1 Å². The van der Waals surface area contributed by atoms with E-state index in [4.69, 9.17) is 4.74 Å². The second kappa shape index (κ2) is 6.29. The highest BCUT2D eigenvalue weighted by Crippen LogP contribution is 2.27. The molecule has 0 spiro atoms. The van der Waals surface area contributed by atoms with Gasteiger partial charge in [0.05, 0.1) is 13.2 Å². The van der Waals surface area contributed by atoms with Crippen molar-refractivity contribution in [2.75, 3.05) is 12.4 Å². The van der Waals surface area contributed by atoms with E-state index in [0.29, 0.717) is 5.69 Å². The van der Waals surface area contributed by atoms with Crippen molar-refractivity contribution in [2.24, 2.45) is 0 Å². The lowest BCUT2D eigenvalue weighted by molar-refractivity contribution is 0.233. The molecule has 0 aromatic heterocycles. The molecular weight excluding hydrogens is 254 g/mol. The second-order valence-corrected chi connectivity index (χ2v) is 5.06. The number of nitrogens with zero attached hydrogens (tertiary/aromatic N) is 1. The van der Waals surface area contributed by atoms with Crippen LogP contribution in [0.4, 0.5) is 10.5 Å². The Balaban J connectivity index is 1.95. The van der Waals surface area contributed by atoms with Crippen LogP contribution in [0.25, 0.3) is 0 Å². The minimum absolute atomic E-state index is 0.335. The average Bonchev–Trinajstić information content (AvgIpc) is 2.49. The second-order valence-electron chi connectivity index (χ2n) is 5.06. The third-order valence-corrected chi connectivity index (χ3v) is 3.62. The molecule has 1 fully saturated rings. The lowest BCUT2D eigenvalue weighted by atomic mass is 9.83. The topological polar surface area (TPSA) is 74.2 Å². The molecule has 2 N–H and O–H groups in total. The van der Waals surface area contributed by atoms with Crippen LogP contribution in [0.3, 0.4) is 0 Å². The molecule has 0 aliphatic heterocycles. The first-order valence-electron chi connectivity index (χ1n) is 6.82. The fourth-order valence-corrected chi connectivity index (χ4v) is 2.47. The smallest absolute Gasteiger partial charge is 0.320 e. The Morgan fingerprint density at radius 3 is 2.45 bits per heavy atom. The number of nitrogens with one attached hydrogen (secondary N) is 2. The molecule has 0 unspecified atom stereocenters. The highest BCUT2D eigenvalue weighted by atomic mass is 16.5. The van der Waals surface area contributed by atoms with E-state index in [0.717, 1.165) is 37.9 Å². The van der Waals surface area contributed by atoms with Gasteiger partial charge in [0.1, 0.15) is 11.3 Å². The molecule has 2 rings (SSSR count). The summed E-state index contributed by atoms with van der Waals surface area (Å²) in [6, 6.07) is 9.00. The number of benzene rings is 1. The summed E-state index contributed by atoms with van der Waals surface area (Å²) in [5, 5.41) is 14.9. The van der Waals surface area contributed by atoms with Crippen LogP contribution in [0.1, 0.15) is 32.1 Å². The summed E-state index contributed by atoms with van der Waals surface area (Å²) in [6.45, 7) is 0. The van der Waals surface area contributed by atoms with Crippen molar-refractivity contribution in [1.82, 2.24) is 5.32 Å². The van der Waals surface area contributed by atoms with Gasteiger partial charge in [-0.2, -0.15) is 5.26 Å². The zero-order chi connectivity index (χ0) is 14.4. The molecule has 0 saturated heterocycles. The third kappa shape index (κ3) is 3.41. The van der Waals surface area contributed by atoms with Gasteiger partial charge in [0.15, 0.2) is 0 Å². The maximum atomic E-state index is 12.0. The Bertz CT molecular complexity index is 499. The monoisotopic (exact) mass is 273 g/mol. The van der Waals surface area contributed by atoms with Gasteiger partial charge in [-0.15, -0.1) is 0 Å². The van der Waals surface area contributed by atoms with E-state index < -0.39 is 5.54 Å². The van der Waals surface area contributed by atoms with Crippen molar-refractivity contribution in [3.8, 4) is 11.8 Å². The Hall–Kier alpha value is -2.22. The number of anilines is 1. The first kappa shape index (κ1) is 14.2. The van der Waals surface area contributed by atoms with Gasteiger partial charge in [0.25, 0.3) is 0 Å². The van der Waals surface area contributed by atoms with Crippen molar-refractivity contribution >= 4 is 11.7 Å². The van der Waals surface area contributed by atoms with Crippen LogP contribution in [0.15, 0.2) is 24.3 Å². The minimum atomic E-state index is -0.713. The number of amides is 2. The van der Waals surface area contributed by atoms with Crippen molar-refractivity contribution in [2.45, 2.75) is 37.6 Å². The van der Waals surface area contributed by atoms with Gasteiger partial charge in [-0.1, -0.05) is 19.3 Å². The number of ether oxygens (including phenoxy) is 1. The predicted molar refractivity (Wildman–Crippen MR) is 76.6 cm³/mol. The van der Waals surface area contributed by atoms with Crippen LogP contribution in [-0.2, 0) is 0 Å². The number of nitriles is 1. The van der Waals surface area contributed by atoms with Gasteiger partial charge in [0, 0.05) is 5.69 Å². The highest BCUT2D eigenvalue weighted by molar-refractivity contribution is 5.90. The first-order valence-corrected chi connectivity index (χ1v) is 6.82. The van der Waals surface area contributed by atoms with E-state index in [1.165, 1.54) is 0 Å². The summed E-state index contributed by atoms with van der Waals surface area (Å²) < 4.78 is 5.06. The van der Waals surface area contributed by atoms with Crippen LogP contribution < -0.4 is 15.4 Å². The predicted octanol–water partition coefficient (Wildman–Crippen LogP) is 3.04. The number of hydrogen-bond acceptors (Lipinski definition) is 3. The van der Waals surface area contributed by atoms with E-state index in [1.807, 2.05) is 0 Å². The summed E-state index contributed by atoms with van der Waals surface area (Å²) in [5.74, 6) is 0.733. The summed E-state index contributed by atoms with van der Waals surface area (Å²) in [4.78, 5) is 12.0. The SMILES string of the molecule is COc1ccc(NC(=O)NC2(C#N)CCCCC2)cc1. The van der Waals surface area contributed by atoms with E-state index in [9.17, 15) is 10.1 Å². The molecule has 1 aromatic carbocycles. The molecule has 1 saturated carbocycles. The van der Waals surface area contributed by atoms with Crippen molar-refractivity contribution in [3.05, 3.63) is 24.3 Å². The minimum Gasteiger partial charge on any atom is -0.497 e. The van der Waals surface area contributed by atoms with Gasteiger partial charge < -0.3 is 15.4 Å². The van der Waals surface area contributed by atoms with E-state index in [2.05, 4.69) is 16.7 Å². The molecule has 1 aliphatic carbocycles. The highest BCUT2D eigenvalue weighted by Gasteiger charge is 2.33. The van der Waals surface area contributed by atoms with Crippen LogP contribution in [-0.4, -0.2) is 18.7 Å². The molecule has 5 heteroatoms. The number of methoxy groups -OCH3 is 1. The van der Waals surface area contributed by atoms with Crippen molar-refractivity contribution in [3.63, 3.8) is 0 Å². The first-order chi connectivity index (χ1) is 9.67. The number of carbonyl (C=O) groups is 1. The van der Waals surface area contributed by atoms with E-state index in [1.54, 1.807) is 31.4 Å². The Morgan fingerprint density at radius 1 is 1.25 bits per heavy atom. The molecule has 1 aromatic rings. The average molecular weight is 273 g/mol. The van der Waals surface area contributed by atoms with E-state index in [-0.39, 0.29) is 6.03 Å². The standard InChI is InChI=1S/C15H19N3O2/c1-20-13-7-5-12(6-8-13)17-14(19)18-15(11-16)9-3-2-4-10-15/h5-8H,2-4,9-10H2,1H3,(H2,17,18,19). The van der Waals surface area contributed by atoms with Crippen LogP contribution in [0.2, 0.25) is 0 Å². The van der Waals surface area contributed by atoms with E-state index >= 15 is 0 Å². The number of urea groups is 1. The molecule has 1 aliphatic rings. The van der Waals surface area contributed by atoms with Crippen molar-refractivity contribution < 1.29 is 9.53 Å². The number of rotatable bonds is 3.